The molecule has 0 aliphatic rings. The minimum Gasteiger partial charge on any atom is -0.367 e. The molecule has 2 aromatic heterocycles. The first-order valence-corrected chi connectivity index (χ1v) is 7.97. The Kier molecular flexibility index (Phi) is 5.01. The van der Waals surface area contributed by atoms with Gasteiger partial charge in [0.15, 0.2) is 0 Å². The summed E-state index contributed by atoms with van der Waals surface area (Å²) in [6.07, 6.45) is 1.87. The second-order valence-electron chi connectivity index (χ2n) is 5.33. The van der Waals surface area contributed by atoms with Crippen molar-refractivity contribution in [2.45, 2.75) is 33.6 Å². The lowest BCUT2D eigenvalue weighted by atomic mass is 10.1. The molecule has 0 aromatic carbocycles. The van der Waals surface area contributed by atoms with E-state index < -0.39 is 0 Å². The van der Waals surface area contributed by atoms with Crippen LogP contribution in [0, 0.1) is 5.92 Å². The standard InChI is InChI=1S/C15H21N3O2S/c1-4-10-5-6-11(21-10)13-12(14(16)20-18-13)15(19)17-8-7-9(2)3/h5-6,9H,4,7-8,16H2,1-3H3,(H,17,19). The first-order chi connectivity index (χ1) is 10.0. The number of carbonyl (C=O) groups excluding carboxylic acids is 1. The Bertz CT molecular complexity index is 616. The van der Waals surface area contributed by atoms with Crippen molar-refractivity contribution in [3.8, 4) is 10.6 Å². The van der Waals surface area contributed by atoms with Crippen LogP contribution in [0.4, 0.5) is 5.88 Å². The van der Waals surface area contributed by atoms with Gasteiger partial charge in [-0.15, -0.1) is 11.3 Å². The summed E-state index contributed by atoms with van der Waals surface area (Å²) in [5.41, 5.74) is 6.63. The van der Waals surface area contributed by atoms with Gasteiger partial charge < -0.3 is 15.6 Å². The predicted molar refractivity (Wildman–Crippen MR) is 85.4 cm³/mol. The first kappa shape index (κ1) is 15.6. The number of rotatable bonds is 6. The number of carbonyl (C=O) groups is 1. The molecule has 2 rings (SSSR count). The molecule has 0 aliphatic carbocycles. The van der Waals surface area contributed by atoms with Gasteiger partial charge in [-0.05, 0) is 30.9 Å². The minimum absolute atomic E-state index is 0.0681. The van der Waals surface area contributed by atoms with Crippen LogP contribution in [0.25, 0.3) is 10.6 Å². The Morgan fingerprint density at radius 3 is 2.86 bits per heavy atom. The molecular formula is C15H21N3O2S. The zero-order valence-corrected chi connectivity index (χ0v) is 13.4. The van der Waals surface area contributed by atoms with Gasteiger partial charge in [-0.25, -0.2) is 0 Å². The molecule has 0 aliphatic heterocycles. The predicted octanol–water partition coefficient (Wildman–Crippen LogP) is 3.32. The maximum atomic E-state index is 12.3. The Morgan fingerprint density at radius 1 is 1.48 bits per heavy atom. The second kappa shape index (κ2) is 6.76. The fraction of sp³-hybridized carbons (Fsp3) is 0.467. The number of nitrogen functional groups attached to an aromatic ring is 1. The molecule has 0 saturated carbocycles. The van der Waals surface area contributed by atoms with E-state index >= 15 is 0 Å². The van der Waals surface area contributed by atoms with Crippen molar-refractivity contribution < 1.29 is 9.32 Å². The molecule has 114 valence electrons. The van der Waals surface area contributed by atoms with Crippen LogP contribution in [0.2, 0.25) is 0 Å². The van der Waals surface area contributed by atoms with E-state index in [0.29, 0.717) is 23.7 Å². The highest BCUT2D eigenvalue weighted by atomic mass is 32.1. The molecule has 5 nitrogen and oxygen atoms in total. The van der Waals surface area contributed by atoms with Crippen LogP contribution in [0.15, 0.2) is 16.7 Å². The third-order valence-corrected chi connectivity index (χ3v) is 4.43. The number of anilines is 1. The highest BCUT2D eigenvalue weighted by Gasteiger charge is 2.23. The molecule has 6 heteroatoms. The lowest BCUT2D eigenvalue weighted by Gasteiger charge is -2.06. The van der Waals surface area contributed by atoms with Crippen molar-refractivity contribution in [2.75, 3.05) is 12.3 Å². The molecule has 0 radical (unpaired) electrons. The van der Waals surface area contributed by atoms with Gasteiger partial charge in [-0.1, -0.05) is 25.9 Å². The van der Waals surface area contributed by atoms with E-state index in [0.717, 1.165) is 17.7 Å². The highest BCUT2D eigenvalue weighted by molar-refractivity contribution is 7.15. The molecule has 2 aromatic rings. The summed E-state index contributed by atoms with van der Waals surface area (Å²) in [4.78, 5) is 14.4. The van der Waals surface area contributed by atoms with Crippen LogP contribution in [0.1, 0.15) is 42.4 Å². The lowest BCUT2D eigenvalue weighted by molar-refractivity contribution is 0.0953. The Labute approximate surface area is 128 Å². The fourth-order valence-electron chi connectivity index (χ4n) is 1.95. The Hall–Kier alpha value is -1.82. The van der Waals surface area contributed by atoms with E-state index in [2.05, 4.69) is 31.2 Å². The molecule has 0 atom stereocenters. The largest absolute Gasteiger partial charge is 0.367 e. The average molecular weight is 307 g/mol. The molecule has 0 saturated heterocycles. The lowest BCUT2D eigenvalue weighted by Crippen LogP contribution is -2.26. The van der Waals surface area contributed by atoms with Gasteiger partial charge in [0, 0.05) is 11.4 Å². The molecule has 0 spiro atoms. The summed E-state index contributed by atoms with van der Waals surface area (Å²) < 4.78 is 5.02. The van der Waals surface area contributed by atoms with Crippen molar-refractivity contribution in [1.29, 1.82) is 0 Å². The van der Waals surface area contributed by atoms with E-state index in [4.69, 9.17) is 10.3 Å². The van der Waals surface area contributed by atoms with Crippen LogP contribution in [0.3, 0.4) is 0 Å². The van der Waals surface area contributed by atoms with Crippen LogP contribution >= 0.6 is 11.3 Å². The first-order valence-electron chi connectivity index (χ1n) is 7.15. The number of aryl methyl sites for hydroxylation is 1. The van der Waals surface area contributed by atoms with E-state index in [1.165, 1.54) is 4.88 Å². The molecular weight excluding hydrogens is 286 g/mol. The van der Waals surface area contributed by atoms with Crippen LogP contribution in [-0.2, 0) is 6.42 Å². The van der Waals surface area contributed by atoms with E-state index in [-0.39, 0.29) is 11.8 Å². The molecule has 0 unspecified atom stereocenters. The van der Waals surface area contributed by atoms with Gasteiger partial charge in [0.1, 0.15) is 11.3 Å². The summed E-state index contributed by atoms with van der Waals surface area (Å²) in [5, 5.41) is 6.82. The Morgan fingerprint density at radius 2 is 2.24 bits per heavy atom. The third kappa shape index (κ3) is 3.64. The summed E-state index contributed by atoms with van der Waals surface area (Å²) in [6, 6.07) is 3.98. The van der Waals surface area contributed by atoms with Gasteiger partial charge in [0.25, 0.3) is 5.91 Å². The van der Waals surface area contributed by atoms with Crippen molar-refractivity contribution in [1.82, 2.24) is 10.5 Å². The number of hydrogen-bond donors (Lipinski definition) is 2. The number of nitrogens with one attached hydrogen (secondary N) is 1. The quantitative estimate of drug-likeness (QED) is 0.857. The van der Waals surface area contributed by atoms with Crippen molar-refractivity contribution >= 4 is 23.1 Å². The molecule has 2 heterocycles. The average Bonchev–Trinajstić information content (AvgIpc) is 3.04. The van der Waals surface area contributed by atoms with Gasteiger partial charge in [0.2, 0.25) is 5.88 Å². The topological polar surface area (TPSA) is 81.2 Å². The summed E-state index contributed by atoms with van der Waals surface area (Å²) in [7, 11) is 0. The number of amides is 1. The van der Waals surface area contributed by atoms with E-state index in [1.54, 1.807) is 11.3 Å². The SMILES string of the molecule is CCc1ccc(-c2noc(N)c2C(=O)NCCC(C)C)s1. The van der Waals surface area contributed by atoms with Crippen molar-refractivity contribution in [2.24, 2.45) is 5.92 Å². The smallest absolute Gasteiger partial charge is 0.259 e. The highest BCUT2D eigenvalue weighted by Crippen LogP contribution is 2.32. The number of nitrogens with two attached hydrogens (primary N) is 1. The van der Waals surface area contributed by atoms with Gasteiger partial charge >= 0.3 is 0 Å². The van der Waals surface area contributed by atoms with Crippen LogP contribution < -0.4 is 11.1 Å². The zero-order chi connectivity index (χ0) is 15.4. The van der Waals surface area contributed by atoms with Crippen LogP contribution in [-0.4, -0.2) is 17.6 Å². The molecule has 0 bridgehead atoms. The van der Waals surface area contributed by atoms with Gasteiger partial charge in [-0.2, -0.15) is 0 Å². The number of nitrogens with zero attached hydrogens (tertiary/aromatic N) is 1. The monoisotopic (exact) mass is 307 g/mol. The van der Waals surface area contributed by atoms with Crippen molar-refractivity contribution in [3.63, 3.8) is 0 Å². The normalized spacial score (nSPS) is 11.0. The maximum Gasteiger partial charge on any atom is 0.259 e. The minimum atomic E-state index is -0.226. The molecule has 3 N–H and O–H groups in total. The van der Waals surface area contributed by atoms with Gasteiger partial charge in [0.05, 0.1) is 4.88 Å². The fourth-order valence-corrected chi connectivity index (χ4v) is 2.88. The number of aromatic nitrogens is 1. The zero-order valence-electron chi connectivity index (χ0n) is 12.6. The summed E-state index contributed by atoms with van der Waals surface area (Å²) >= 11 is 1.60. The van der Waals surface area contributed by atoms with Crippen LogP contribution in [0.5, 0.6) is 0 Å². The second-order valence-corrected chi connectivity index (χ2v) is 6.50. The van der Waals surface area contributed by atoms with Gasteiger partial charge in [-0.3, -0.25) is 4.79 Å². The summed E-state index contributed by atoms with van der Waals surface area (Å²) in [6.45, 7) is 6.93. The van der Waals surface area contributed by atoms with Crippen molar-refractivity contribution in [3.05, 3.63) is 22.6 Å². The molecule has 1 amide bonds. The molecule has 0 fully saturated rings. The van der Waals surface area contributed by atoms with E-state index in [9.17, 15) is 4.79 Å². The molecule has 21 heavy (non-hydrogen) atoms. The Balaban J connectivity index is 2.19. The third-order valence-electron chi connectivity index (χ3n) is 3.20. The number of thiophene rings is 1. The summed E-state index contributed by atoms with van der Waals surface area (Å²) in [5.74, 6) is 0.378. The maximum absolute atomic E-state index is 12.3. The number of hydrogen-bond acceptors (Lipinski definition) is 5. The van der Waals surface area contributed by atoms with E-state index in [1.807, 2.05) is 12.1 Å².